The van der Waals surface area contributed by atoms with Crippen LogP contribution >= 0.6 is 0 Å². The number of fused-ring (bicyclic) bond motifs is 1. The predicted molar refractivity (Wildman–Crippen MR) is 103 cm³/mol. The molecule has 0 spiro atoms. The molecule has 6 nitrogen and oxygen atoms in total. The Morgan fingerprint density at radius 3 is 2.65 bits per heavy atom. The van der Waals surface area contributed by atoms with Gasteiger partial charge in [0, 0.05) is 37.1 Å². The largest absolute Gasteiger partial charge is 0.356 e. The maximum Gasteiger partial charge on any atom is 0.254 e. The third kappa shape index (κ3) is 3.16. The Morgan fingerprint density at radius 1 is 1.15 bits per heavy atom. The molecule has 1 aliphatic rings. The fraction of sp³-hybridized carbons (Fsp3) is 0.500. The van der Waals surface area contributed by atoms with E-state index in [1.165, 1.54) is 32.1 Å². The zero-order chi connectivity index (χ0) is 18.1. The van der Waals surface area contributed by atoms with Gasteiger partial charge in [0.1, 0.15) is 5.82 Å². The van der Waals surface area contributed by atoms with Crippen LogP contribution < -0.4 is 4.90 Å². The number of aromatic nitrogens is 5. The third-order valence-corrected chi connectivity index (χ3v) is 5.31. The van der Waals surface area contributed by atoms with E-state index in [0.29, 0.717) is 23.6 Å². The number of pyridine rings is 1. The van der Waals surface area contributed by atoms with Crippen LogP contribution in [0.25, 0.3) is 17.2 Å². The zero-order valence-corrected chi connectivity index (χ0v) is 15.8. The molecule has 6 heteroatoms. The Balaban J connectivity index is 1.82. The summed E-state index contributed by atoms with van der Waals surface area (Å²) in [7, 11) is 2.18. The van der Waals surface area contributed by atoms with Crippen molar-refractivity contribution < 1.29 is 0 Å². The van der Waals surface area contributed by atoms with Gasteiger partial charge in [-0.1, -0.05) is 33.1 Å². The molecule has 0 aromatic carbocycles. The van der Waals surface area contributed by atoms with Crippen LogP contribution in [0, 0.1) is 0 Å². The molecule has 3 aromatic heterocycles. The molecule has 4 rings (SSSR count). The lowest BCUT2D eigenvalue weighted by Crippen LogP contribution is -2.35. The Hall–Kier alpha value is -2.50. The molecule has 0 unspecified atom stereocenters. The summed E-state index contributed by atoms with van der Waals surface area (Å²) in [4.78, 5) is 16.0. The minimum absolute atomic E-state index is 0.344. The summed E-state index contributed by atoms with van der Waals surface area (Å²) in [6.07, 6.45) is 9.99. The smallest absolute Gasteiger partial charge is 0.254 e. The van der Waals surface area contributed by atoms with Crippen LogP contribution in [0.3, 0.4) is 0 Å². The molecule has 26 heavy (non-hydrogen) atoms. The molecule has 0 aliphatic heterocycles. The lowest BCUT2D eigenvalue weighted by Gasteiger charge is -2.33. The van der Waals surface area contributed by atoms with Crippen LogP contribution in [0.15, 0.2) is 30.6 Å². The Bertz CT molecular complexity index is 880. The fourth-order valence-corrected chi connectivity index (χ4v) is 3.69. The van der Waals surface area contributed by atoms with E-state index in [-0.39, 0.29) is 0 Å². The summed E-state index contributed by atoms with van der Waals surface area (Å²) < 4.78 is 1.89. The lowest BCUT2D eigenvalue weighted by atomic mass is 9.94. The number of nitrogens with zero attached hydrogens (tertiary/aromatic N) is 6. The van der Waals surface area contributed by atoms with Gasteiger partial charge in [0.2, 0.25) is 0 Å². The van der Waals surface area contributed by atoms with Gasteiger partial charge in [-0.3, -0.25) is 4.98 Å². The number of hydrogen-bond acceptors (Lipinski definition) is 5. The average molecular weight is 350 g/mol. The van der Waals surface area contributed by atoms with E-state index in [0.717, 1.165) is 17.1 Å². The molecule has 3 heterocycles. The molecule has 136 valence electrons. The summed E-state index contributed by atoms with van der Waals surface area (Å²) in [6.45, 7) is 4.34. The Kier molecular flexibility index (Phi) is 4.57. The topological polar surface area (TPSA) is 59.2 Å². The SMILES string of the molecule is CC(C)c1cc(N(C)C2CCCCC2)n2nc(-c3cccnc3)nc2n1. The summed E-state index contributed by atoms with van der Waals surface area (Å²) in [5.74, 6) is 2.75. The van der Waals surface area contributed by atoms with Crippen molar-refractivity contribution in [3.63, 3.8) is 0 Å². The maximum absolute atomic E-state index is 4.76. The van der Waals surface area contributed by atoms with E-state index in [9.17, 15) is 0 Å². The van der Waals surface area contributed by atoms with Crippen LogP contribution in [-0.2, 0) is 0 Å². The number of anilines is 1. The van der Waals surface area contributed by atoms with Crippen molar-refractivity contribution in [1.29, 1.82) is 0 Å². The highest BCUT2D eigenvalue weighted by atomic mass is 15.4. The minimum Gasteiger partial charge on any atom is -0.356 e. The first kappa shape index (κ1) is 16.9. The molecule has 0 N–H and O–H groups in total. The molecular formula is C20H26N6. The van der Waals surface area contributed by atoms with E-state index < -0.39 is 0 Å². The highest BCUT2D eigenvalue weighted by Crippen LogP contribution is 2.28. The van der Waals surface area contributed by atoms with Crippen LogP contribution in [0.1, 0.15) is 57.6 Å². The second-order valence-corrected chi connectivity index (χ2v) is 7.49. The zero-order valence-electron chi connectivity index (χ0n) is 15.8. The van der Waals surface area contributed by atoms with Crippen LogP contribution in [0.4, 0.5) is 5.82 Å². The van der Waals surface area contributed by atoms with Crippen molar-refractivity contribution in [3.8, 4) is 11.4 Å². The first-order valence-corrected chi connectivity index (χ1v) is 9.54. The maximum atomic E-state index is 4.76. The van der Waals surface area contributed by atoms with E-state index >= 15 is 0 Å². The first-order chi connectivity index (χ1) is 12.6. The van der Waals surface area contributed by atoms with Crippen LogP contribution in [0.5, 0.6) is 0 Å². The normalized spacial score (nSPS) is 15.7. The molecule has 0 amide bonds. The molecule has 3 aromatic rings. The summed E-state index contributed by atoms with van der Waals surface area (Å²) in [5, 5.41) is 4.76. The van der Waals surface area contributed by atoms with Crippen molar-refractivity contribution in [2.75, 3.05) is 11.9 Å². The Labute approximate surface area is 154 Å². The van der Waals surface area contributed by atoms with Gasteiger partial charge in [-0.2, -0.15) is 9.50 Å². The average Bonchev–Trinajstić information content (AvgIpc) is 3.12. The molecule has 1 fully saturated rings. The van der Waals surface area contributed by atoms with Crippen LogP contribution in [-0.4, -0.2) is 37.7 Å². The minimum atomic E-state index is 0.344. The van der Waals surface area contributed by atoms with E-state index in [4.69, 9.17) is 10.1 Å². The van der Waals surface area contributed by atoms with E-state index in [1.807, 2.05) is 16.6 Å². The van der Waals surface area contributed by atoms with Gasteiger partial charge in [-0.15, -0.1) is 5.10 Å². The second kappa shape index (κ2) is 7.02. The second-order valence-electron chi connectivity index (χ2n) is 7.49. The highest BCUT2D eigenvalue weighted by molar-refractivity contribution is 5.58. The van der Waals surface area contributed by atoms with Gasteiger partial charge >= 0.3 is 0 Å². The summed E-state index contributed by atoms with van der Waals surface area (Å²) in [5.41, 5.74) is 1.97. The molecule has 0 atom stereocenters. The van der Waals surface area contributed by atoms with Crippen molar-refractivity contribution in [2.24, 2.45) is 0 Å². The van der Waals surface area contributed by atoms with Crippen molar-refractivity contribution in [1.82, 2.24) is 24.6 Å². The standard InChI is InChI=1S/C20H26N6/c1-14(2)17-12-18(25(3)16-9-5-4-6-10-16)26-20(22-17)23-19(24-26)15-8-7-11-21-13-15/h7-8,11-14,16H,4-6,9-10H2,1-3H3. The van der Waals surface area contributed by atoms with Gasteiger partial charge < -0.3 is 4.90 Å². The third-order valence-electron chi connectivity index (χ3n) is 5.31. The van der Waals surface area contributed by atoms with Gasteiger partial charge in [0.25, 0.3) is 5.78 Å². The Morgan fingerprint density at radius 2 is 1.96 bits per heavy atom. The quantitative estimate of drug-likeness (QED) is 0.709. The fourth-order valence-electron chi connectivity index (χ4n) is 3.69. The van der Waals surface area contributed by atoms with Crippen LogP contribution in [0.2, 0.25) is 0 Å². The van der Waals surface area contributed by atoms with Crippen molar-refractivity contribution in [2.45, 2.75) is 57.9 Å². The molecule has 0 bridgehead atoms. The molecule has 0 saturated heterocycles. The number of rotatable bonds is 4. The summed E-state index contributed by atoms with van der Waals surface area (Å²) >= 11 is 0. The molecular weight excluding hydrogens is 324 g/mol. The van der Waals surface area contributed by atoms with Crippen molar-refractivity contribution >= 4 is 11.6 Å². The van der Waals surface area contributed by atoms with Gasteiger partial charge in [0.15, 0.2) is 5.82 Å². The van der Waals surface area contributed by atoms with Gasteiger partial charge in [0.05, 0.1) is 5.69 Å². The van der Waals surface area contributed by atoms with Gasteiger partial charge in [-0.05, 0) is 30.9 Å². The number of hydrogen-bond donors (Lipinski definition) is 0. The predicted octanol–water partition coefficient (Wildman–Crippen LogP) is 4.08. The van der Waals surface area contributed by atoms with Crippen molar-refractivity contribution in [3.05, 3.63) is 36.3 Å². The van der Waals surface area contributed by atoms with E-state index in [2.05, 4.69) is 41.8 Å². The first-order valence-electron chi connectivity index (χ1n) is 9.54. The molecule has 1 aliphatic carbocycles. The van der Waals surface area contributed by atoms with Gasteiger partial charge in [-0.25, -0.2) is 4.98 Å². The van der Waals surface area contributed by atoms with E-state index in [1.54, 1.807) is 12.4 Å². The summed E-state index contributed by atoms with van der Waals surface area (Å²) in [6, 6.07) is 6.62. The molecule has 1 saturated carbocycles. The lowest BCUT2D eigenvalue weighted by molar-refractivity contribution is 0.424. The molecule has 0 radical (unpaired) electrons. The highest BCUT2D eigenvalue weighted by Gasteiger charge is 2.23. The monoisotopic (exact) mass is 350 g/mol.